The zero-order valence-corrected chi connectivity index (χ0v) is 7.81. The van der Waals surface area contributed by atoms with Gasteiger partial charge in [0.25, 0.3) is 0 Å². The Hall–Kier alpha value is -0.170. The number of nitrogens with two attached hydrogens (primary N) is 1. The summed E-state index contributed by atoms with van der Waals surface area (Å²) in [7, 11) is -3.33. The number of sulfonamides is 1. The van der Waals surface area contributed by atoms with Crippen LogP contribution in [0.4, 0.5) is 0 Å². The van der Waals surface area contributed by atoms with Crippen molar-refractivity contribution in [2.45, 2.75) is 12.8 Å². The topological polar surface area (TPSA) is 92.4 Å². The number of unbranched alkanes of at least 4 members (excludes halogenated alkanes) is 1. The summed E-state index contributed by atoms with van der Waals surface area (Å²) < 4.78 is 20.8. The maximum absolute atomic E-state index is 10.4. The summed E-state index contributed by atoms with van der Waals surface area (Å²) in [6.07, 6.45) is 1.59. The number of rotatable bonds is 7. The first-order chi connectivity index (χ1) is 5.56. The fraction of sp³-hybridized carbons (Fsp3) is 1.00. The molecule has 0 spiro atoms. The molecular formula is C6H16N2O3S. The third-order valence-electron chi connectivity index (χ3n) is 1.33. The molecule has 0 aromatic heterocycles. The van der Waals surface area contributed by atoms with Crippen molar-refractivity contribution in [1.29, 1.82) is 0 Å². The van der Waals surface area contributed by atoms with Gasteiger partial charge in [-0.05, 0) is 19.4 Å². The highest BCUT2D eigenvalue weighted by Crippen LogP contribution is 1.83. The molecule has 0 aliphatic rings. The van der Waals surface area contributed by atoms with Crippen LogP contribution >= 0.6 is 0 Å². The monoisotopic (exact) mass is 196 g/mol. The molecule has 74 valence electrons. The predicted molar refractivity (Wildman–Crippen MR) is 47.2 cm³/mol. The molecule has 12 heavy (non-hydrogen) atoms. The second kappa shape index (κ2) is 6.36. The highest BCUT2D eigenvalue weighted by molar-refractivity contribution is 7.89. The van der Waals surface area contributed by atoms with Gasteiger partial charge in [-0.3, -0.25) is 0 Å². The van der Waals surface area contributed by atoms with Gasteiger partial charge in [0.05, 0.1) is 5.75 Å². The van der Waals surface area contributed by atoms with Gasteiger partial charge in [-0.15, -0.1) is 0 Å². The molecule has 0 aliphatic carbocycles. The molecule has 0 aromatic rings. The fourth-order valence-corrected chi connectivity index (χ4v) is 1.13. The molecule has 0 bridgehead atoms. The van der Waals surface area contributed by atoms with E-state index in [1.807, 2.05) is 0 Å². The molecule has 0 amide bonds. The Kier molecular flexibility index (Phi) is 6.27. The molecule has 0 saturated heterocycles. The van der Waals surface area contributed by atoms with E-state index in [4.69, 9.17) is 10.2 Å². The van der Waals surface area contributed by atoms with E-state index >= 15 is 0 Å². The highest BCUT2D eigenvalue weighted by atomic mass is 32.2. The molecule has 0 radical (unpaired) electrons. The lowest BCUT2D eigenvalue weighted by Gasteiger charge is -2.01. The SMILES string of the molecule is NS(=O)(=O)CCNCCCCO. The zero-order valence-electron chi connectivity index (χ0n) is 6.99. The number of aliphatic hydroxyl groups is 1. The summed E-state index contributed by atoms with van der Waals surface area (Å²) in [6, 6.07) is 0. The van der Waals surface area contributed by atoms with Crippen LogP contribution < -0.4 is 10.5 Å². The van der Waals surface area contributed by atoms with Crippen LogP contribution in [0.5, 0.6) is 0 Å². The second-order valence-electron chi connectivity index (χ2n) is 2.55. The fourth-order valence-electron chi connectivity index (χ4n) is 0.701. The number of primary sulfonamides is 1. The maximum Gasteiger partial charge on any atom is 0.210 e. The number of hydrogen-bond donors (Lipinski definition) is 3. The molecule has 0 fully saturated rings. The zero-order chi connectivity index (χ0) is 9.45. The Balaban J connectivity index is 3.12. The molecule has 0 aliphatic heterocycles. The van der Waals surface area contributed by atoms with E-state index in [9.17, 15) is 8.42 Å². The van der Waals surface area contributed by atoms with Crippen molar-refractivity contribution in [3.05, 3.63) is 0 Å². The van der Waals surface area contributed by atoms with Crippen molar-refractivity contribution >= 4 is 10.0 Å². The van der Waals surface area contributed by atoms with Crippen LogP contribution in [-0.4, -0.2) is 39.0 Å². The Morgan fingerprint density at radius 1 is 1.25 bits per heavy atom. The summed E-state index contributed by atoms with van der Waals surface area (Å²) in [5, 5.41) is 16.1. The first kappa shape index (κ1) is 11.8. The van der Waals surface area contributed by atoms with Crippen LogP contribution in [0, 0.1) is 0 Å². The number of hydrogen-bond acceptors (Lipinski definition) is 4. The summed E-state index contributed by atoms with van der Waals surface area (Å²) in [4.78, 5) is 0. The van der Waals surface area contributed by atoms with Crippen molar-refractivity contribution < 1.29 is 13.5 Å². The molecule has 5 nitrogen and oxygen atoms in total. The van der Waals surface area contributed by atoms with Gasteiger partial charge >= 0.3 is 0 Å². The standard InChI is InChI=1S/C6H16N2O3S/c7-12(10,11)6-4-8-3-1-2-5-9/h8-9H,1-6H2,(H2,7,10,11). The van der Waals surface area contributed by atoms with E-state index in [0.717, 1.165) is 19.4 Å². The second-order valence-corrected chi connectivity index (χ2v) is 4.28. The normalized spacial score (nSPS) is 11.8. The summed E-state index contributed by atoms with van der Waals surface area (Å²) in [6.45, 7) is 1.28. The first-order valence-corrected chi connectivity index (χ1v) is 5.60. The number of aliphatic hydroxyl groups excluding tert-OH is 1. The van der Waals surface area contributed by atoms with Gasteiger partial charge in [0.15, 0.2) is 0 Å². The Bertz CT molecular complexity index is 191. The third kappa shape index (κ3) is 9.83. The van der Waals surface area contributed by atoms with Crippen molar-refractivity contribution in [2.75, 3.05) is 25.4 Å². The Morgan fingerprint density at radius 3 is 2.42 bits per heavy atom. The van der Waals surface area contributed by atoms with Gasteiger partial charge in [-0.25, -0.2) is 13.6 Å². The molecule has 0 atom stereocenters. The van der Waals surface area contributed by atoms with Gasteiger partial charge in [-0.1, -0.05) is 0 Å². The van der Waals surface area contributed by atoms with Gasteiger partial charge < -0.3 is 10.4 Å². The van der Waals surface area contributed by atoms with Crippen LogP contribution in [0.15, 0.2) is 0 Å². The van der Waals surface area contributed by atoms with Crippen LogP contribution in [0.25, 0.3) is 0 Å². The molecule has 6 heteroatoms. The van der Waals surface area contributed by atoms with Crippen molar-refractivity contribution in [3.8, 4) is 0 Å². The quantitative estimate of drug-likeness (QED) is 0.438. The van der Waals surface area contributed by atoms with Crippen LogP contribution in [0.1, 0.15) is 12.8 Å². The van der Waals surface area contributed by atoms with E-state index in [-0.39, 0.29) is 12.4 Å². The lowest BCUT2D eigenvalue weighted by atomic mass is 10.3. The average Bonchev–Trinajstić information content (AvgIpc) is 1.94. The lowest BCUT2D eigenvalue weighted by molar-refractivity contribution is 0.284. The smallest absolute Gasteiger partial charge is 0.210 e. The minimum absolute atomic E-state index is 0.0356. The molecular weight excluding hydrogens is 180 g/mol. The Labute approximate surface area is 73.0 Å². The summed E-state index contributed by atoms with van der Waals surface area (Å²) in [5.74, 6) is -0.0356. The third-order valence-corrected chi connectivity index (χ3v) is 2.10. The first-order valence-electron chi connectivity index (χ1n) is 3.88. The average molecular weight is 196 g/mol. The minimum Gasteiger partial charge on any atom is -0.396 e. The van der Waals surface area contributed by atoms with Crippen LogP contribution in [0.3, 0.4) is 0 Å². The van der Waals surface area contributed by atoms with Crippen molar-refractivity contribution in [2.24, 2.45) is 5.14 Å². The van der Waals surface area contributed by atoms with Crippen LogP contribution in [0.2, 0.25) is 0 Å². The largest absolute Gasteiger partial charge is 0.396 e. The molecule has 0 aromatic carbocycles. The molecule has 0 heterocycles. The van der Waals surface area contributed by atoms with Gasteiger partial charge in [0.2, 0.25) is 10.0 Å². The van der Waals surface area contributed by atoms with Crippen molar-refractivity contribution in [1.82, 2.24) is 5.32 Å². The van der Waals surface area contributed by atoms with Gasteiger partial charge in [-0.2, -0.15) is 0 Å². The lowest BCUT2D eigenvalue weighted by Crippen LogP contribution is -2.27. The molecule has 0 rings (SSSR count). The molecule has 0 unspecified atom stereocenters. The van der Waals surface area contributed by atoms with E-state index in [1.165, 1.54) is 0 Å². The molecule has 0 saturated carbocycles. The van der Waals surface area contributed by atoms with Crippen LogP contribution in [-0.2, 0) is 10.0 Å². The highest BCUT2D eigenvalue weighted by Gasteiger charge is 1.99. The van der Waals surface area contributed by atoms with Gasteiger partial charge in [0, 0.05) is 13.2 Å². The van der Waals surface area contributed by atoms with E-state index in [0.29, 0.717) is 6.54 Å². The molecule has 4 N–H and O–H groups in total. The maximum atomic E-state index is 10.4. The van der Waals surface area contributed by atoms with E-state index in [1.54, 1.807) is 0 Å². The predicted octanol–water partition coefficient (Wildman–Crippen LogP) is -1.36. The van der Waals surface area contributed by atoms with E-state index in [2.05, 4.69) is 5.32 Å². The van der Waals surface area contributed by atoms with Crippen molar-refractivity contribution in [3.63, 3.8) is 0 Å². The number of nitrogens with one attached hydrogen (secondary N) is 1. The Morgan fingerprint density at radius 2 is 1.92 bits per heavy atom. The van der Waals surface area contributed by atoms with E-state index < -0.39 is 10.0 Å². The van der Waals surface area contributed by atoms with Gasteiger partial charge in [0.1, 0.15) is 0 Å². The minimum atomic E-state index is -3.33. The summed E-state index contributed by atoms with van der Waals surface area (Å²) in [5.41, 5.74) is 0. The summed E-state index contributed by atoms with van der Waals surface area (Å²) >= 11 is 0.